The third-order valence-corrected chi connectivity index (χ3v) is 3.90. The molecule has 0 spiro atoms. The van der Waals surface area contributed by atoms with Gasteiger partial charge in [-0.2, -0.15) is 0 Å². The SMILES string of the molecule is CN(C)CCCNc1ccnc(C(=O)Nc2ccc3c(c2)OCCO3)c1. The lowest BCUT2D eigenvalue weighted by molar-refractivity contribution is 0.102. The molecule has 0 radical (unpaired) electrons. The second-order valence-corrected chi connectivity index (χ2v) is 6.33. The van der Waals surface area contributed by atoms with E-state index in [1.54, 1.807) is 30.5 Å². The Morgan fingerprint density at radius 3 is 2.73 bits per heavy atom. The van der Waals surface area contributed by atoms with Crippen LogP contribution in [-0.4, -0.2) is 56.2 Å². The van der Waals surface area contributed by atoms with Crippen molar-refractivity contribution in [3.8, 4) is 11.5 Å². The quantitative estimate of drug-likeness (QED) is 0.743. The molecule has 7 heteroatoms. The molecule has 26 heavy (non-hydrogen) atoms. The second-order valence-electron chi connectivity index (χ2n) is 6.33. The molecule has 0 unspecified atom stereocenters. The Labute approximate surface area is 153 Å². The number of hydrogen-bond donors (Lipinski definition) is 2. The number of pyridine rings is 1. The van der Waals surface area contributed by atoms with Gasteiger partial charge < -0.3 is 25.0 Å². The minimum Gasteiger partial charge on any atom is -0.486 e. The summed E-state index contributed by atoms with van der Waals surface area (Å²) in [5.74, 6) is 1.06. The summed E-state index contributed by atoms with van der Waals surface area (Å²) in [6.45, 7) is 2.89. The lowest BCUT2D eigenvalue weighted by atomic mass is 10.2. The maximum atomic E-state index is 12.5. The van der Waals surface area contributed by atoms with Crippen LogP contribution < -0.4 is 20.1 Å². The van der Waals surface area contributed by atoms with Crippen molar-refractivity contribution in [3.63, 3.8) is 0 Å². The van der Waals surface area contributed by atoms with Crippen LogP contribution in [0.2, 0.25) is 0 Å². The first-order valence-electron chi connectivity index (χ1n) is 8.67. The fourth-order valence-electron chi connectivity index (χ4n) is 2.61. The molecule has 138 valence electrons. The maximum Gasteiger partial charge on any atom is 0.274 e. The van der Waals surface area contributed by atoms with Crippen LogP contribution in [0.15, 0.2) is 36.5 Å². The van der Waals surface area contributed by atoms with Gasteiger partial charge in [-0.1, -0.05) is 0 Å². The molecule has 3 rings (SSSR count). The average Bonchev–Trinajstić information content (AvgIpc) is 2.65. The number of aromatic nitrogens is 1. The molecule has 0 fully saturated rings. The summed E-state index contributed by atoms with van der Waals surface area (Å²) >= 11 is 0. The zero-order valence-corrected chi connectivity index (χ0v) is 15.1. The van der Waals surface area contributed by atoms with Crippen LogP contribution in [0.3, 0.4) is 0 Å². The van der Waals surface area contributed by atoms with Crippen LogP contribution in [0.1, 0.15) is 16.9 Å². The van der Waals surface area contributed by atoms with Gasteiger partial charge in [0.05, 0.1) is 0 Å². The van der Waals surface area contributed by atoms with Gasteiger partial charge in [-0.05, 0) is 51.3 Å². The number of carbonyl (C=O) groups is 1. The van der Waals surface area contributed by atoms with E-state index in [4.69, 9.17) is 9.47 Å². The van der Waals surface area contributed by atoms with Crippen molar-refractivity contribution in [1.29, 1.82) is 0 Å². The molecule has 2 N–H and O–H groups in total. The fraction of sp³-hybridized carbons (Fsp3) is 0.368. The van der Waals surface area contributed by atoms with Crippen molar-refractivity contribution >= 4 is 17.3 Å². The van der Waals surface area contributed by atoms with E-state index in [1.165, 1.54) is 0 Å². The van der Waals surface area contributed by atoms with Gasteiger partial charge in [-0.15, -0.1) is 0 Å². The van der Waals surface area contributed by atoms with Crippen molar-refractivity contribution in [2.45, 2.75) is 6.42 Å². The normalized spacial score (nSPS) is 12.7. The number of benzene rings is 1. The molecule has 0 saturated heterocycles. The molecule has 1 aliphatic heterocycles. The monoisotopic (exact) mass is 356 g/mol. The minimum absolute atomic E-state index is 0.265. The number of ether oxygens (including phenoxy) is 2. The van der Waals surface area contributed by atoms with Crippen molar-refractivity contribution in [2.24, 2.45) is 0 Å². The molecule has 7 nitrogen and oxygen atoms in total. The molecule has 0 aliphatic carbocycles. The molecule has 2 aromatic rings. The molecule has 1 aromatic heterocycles. The van der Waals surface area contributed by atoms with Crippen LogP contribution in [-0.2, 0) is 0 Å². The topological polar surface area (TPSA) is 75.7 Å². The van der Waals surface area contributed by atoms with Gasteiger partial charge >= 0.3 is 0 Å². The molecule has 0 saturated carbocycles. The first-order valence-corrected chi connectivity index (χ1v) is 8.67. The molecular weight excluding hydrogens is 332 g/mol. The zero-order chi connectivity index (χ0) is 18.4. The van der Waals surface area contributed by atoms with Gasteiger partial charge in [0.2, 0.25) is 0 Å². The Morgan fingerprint density at radius 1 is 1.12 bits per heavy atom. The highest BCUT2D eigenvalue weighted by atomic mass is 16.6. The predicted molar refractivity (Wildman–Crippen MR) is 101 cm³/mol. The highest BCUT2D eigenvalue weighted by Crippen LogP contribution is 2.32. The van der Waals surface area contributed by atoms with Gasteiger partial charge in [-0.3, -0.25) is 9.78 Å². The molecule has 0 bridgehead atoms. The van der Waals surface area contributed by atoms with Crippen LogP contribution in [0.4, 0.5) is 11.4 Å². The van der Waals surface area contributed by atoms with E-state index >= 15 is 0 Å². The first kappa shape index (κ1) is 18.0. The van der Waals surface area contributed by atoms with Crippen molar-refractivity contribution in [3.05, 3.63) is 42.2 Å². The van der Waals surface area contributed by atoms with Crippen LogP contribution in [0.25, 0.3) is 0 Å². The lowest BCUT2D eigenvalue weighted by Gasteiger charge is -2.19. The smallest absolute Gasteiger partial charge is 0.274 e. The average molecular weight is 356 g/mol. The third kappa shape index (κ3) is 4.86. The Balaban J connectivity index is 1.60. The summed E-state index contributed by atoms with van der Waals surface area (Å²) in [4.78, 5) is 18.8. The third-order valence-electron chi connectivity index (χ3n) is 3.90. The standard InChI is InChI=1S/C19H24N4O3/c1-23(2)9-3-7-20-14-6-8-21-16(12-14)19(24)22-15-4-5-17-18(13-15)26-11-10-25-17/h4-6,8,12-13H,3,7,9-11H2,1-2H3,(H,20,21)(H,22,24). The number of amides is 1. The van der Waals surface area contributed by atoms with E-state index in [1.807, 2.05) is 20.2 Å². The molecule has 1 amide bonds. The molecule has 2 heterocycles. The fourth-order valence-corrected chi connectivity index (χ4v) is 2.61. The molecule has 1 aliphatic rings. The Hall–Kier alpha value is -2.80. The Kier molecular flexibility index (Phi) is 5.91. The highest BCUT2D eigenvalue weighted by Gasteiger charge is 2.14. The van der Waals surface area contributed by atoms with E-state index in [2.05, 4.69) is 20.5 Å². The van der Waals surface area contributed by atoms with E-state index < -0.39 is 0 Å². The van der Waals surface area contributed by atoms with Gasteiger partial charge in [0.15, 0.2) is 11.5 Å². The van der Waals surface area contributed by atoms with Crippen LogP contribution in [0.5, 0.6) is 11.5 Å². The molecule has 1 aromatic carbocycles. The van der Waals surface area contributed by atoms with Crippen molar-refractivity contribution in [1.82, 2.24) is 9.88 Å². The van der Waals surface area contributed by atoms with Crippen molar-refractivity contribution in [2.75, 3.05) is 51.0 Å². The number of hydrogen-bond acceptors (Lipinski definition) is 6. The number of fused-ring (bicyclic) bond motifs is 1. The Morgan fingerprint density at radius 2 is 1.92 bits per heavy atom. The van der Waals surface area contributed by atoms with Crippen LogP contribution in [0, 0.1) is 0 Å². The number of rotatable bonds is 7. The summed E-state index contributed by atoms with van der Waals surface area (Å²) in [5, 5.41) is 6.16. The largest absolute Gasteiger partial charge is 0.486 e. The number of nitrogens with one attached hydrogen (secondary N) is 2. The van der Waals surface area contributed by atoms with Crippen molar-refractivity contribution < 1.29 is 14.3 Å². The zero-order valence-electron chi connectivity index (χ0n) is 15.1. The summed E-state index contributed by atoms with van der Waals surface area (Å²) in [6.07, 6.45) is 2.65. The molecular formula is C19H24N4O3. The van der Waals surface area contributed by atoms with E-state index in [0.29, 0.717) is 36.1 Å². The van der Waals surface area contributed by atoms with Gasteiger partial charge in [0, 0.05) is 30.2 Å². The predicted octanol–water partition coefficient (Wildman–Crippen LogP) is 2.47. The van der Waals surface area contributed by atoms with Crippen LogP contribution >= 0.6 is 0 Å². The van der Waals surface area contributed by atoms with E-state index in [0.717, 1.165) is 25.2 Å². The number of carbonyl (C=O) groups excluding carboxylic acids is 1. The number of anilines is 2. The number of nitrogens with zero attached hydrogens (tertiary/aromatic N) is 2. The summed E-state index contributed by atoms with van der Waals surface area (Å²) in [5.41, 5.74) is 1.88. The van der Waals surface area contributed by atoms with Gasteiger partial charge in [0.1, 0.15) is 18.9 Å². The first-order chi connectivity index (χ1) is 12.6. The van der Waals surface area contributed by atoms with E-state index in [9.17, 15) is 4.79 Å². The molecule has 0 atom stereocenters. The highest BCUT2D eigenvalue weighted by molar-refractivity contribution is 6.03. The minimum atomic E-state index is -0.265. The lowest BCUT2D eigenvalue weighted by Crippen LogP contribution is -2.17. The van der Waals surface area contributed by atoms with E-state index in [-0.39, 0.29) is 5.91 Å². The summed E-state index contributed by atoms with van der Waals surface area (Å²) < 4.78 is 11.0. The maximum absolute atomic E-state index is 12.5. The van der Waals surface area contributed by atoms with Gasteiger partial charge in [-0.25, -0.2) is 0 Å². The van der Waals surface area contributed by atoms with Gasteiger partial charge in [0.25, 0.3) is 5.91 Å². The summed E-state index contributed by atoms with van der Waals surface area (Å²) in [6, 6.07) is 8.95. The second kappa shape index (κ2) is 8.53. The summed E-state index contributed by atoms with van der Waals surface area (Å²) in [7, 11) is 4.10. The Bertz CT molecular complexity index is 764.